The van der Waals surface area contributed by atoms with E-state index >= 15 is 0 Å². The summed E-state index contributed by atoms with van der Waals surface area (Å²) >= 11 is 1.46. The molecule has 23 heavy (non-hydrogen) atoms. The van der Waals surface area contributed by atoms with E-state index in [0.29, 0.717) is 31.9 Å². The van der Waals surface area contributed by atoms with E-state index in [4.69, 9.17) is 0 Å². The highest BCUT2D eigenvalue weighted by atomic mass is 32.2. The first-order valence-corrected chi connectivity index (χ1v) is 9.55. The first-order valence-electron chi connectivity index (χ1n) is 7.23. The van der Waals surface area contributed by atoms with Crippen molar-refractivity contribution in [3.8, 4) is 10.6 Å². The Morgan fingerprint density at radius 2 is 1.96 bits per heavy atom. The summed E-state index contributed by atoms with van der Waals surface area (Å²) < 4.78 is 28.9. The Labute approximate surface area is 139 Å². The smallest absolute Gasteiger partial charge is 0.246 e. The SMILES string of the molecule is CC(=O)N1CCN(S(=O)(=O)c2cn(C)nc2-c2cccs2)CC1. The fourth-order valence-electron chi connectivity index (χ4n) is 2.62. The van der Waals surface area contributed by atoms with Gasteiger partial charge in [-0.2, -0.15) is 9.40 Å². The van der Waals surface area contributed by atoms with Crippen LogP contribution in [0.15, 0.2) is 28.6 Å². The molecule has 9 heteroatoms. The number of amides is 1. The van der Waals surface area contributed by atoms with Crippen LogP contribution in [0, 0.1) is 0 Å². The average Bonchev–Trinajstić information content (AvgIpc) is 3.16. The number of carbonyl (C=O) groups is 1. The number of rotatable bonds is 3. The van der Waals surface area contributed by atoms with Crippen molar-refractivity contribution in [1.82, 2.24) is 19.0 Å². The van der Waals surface area contributed by atoms with Gasteiger partial charge >= 0.3 is 0 Å². The van der Waals surface area contributed by atoms with Gasteiger partial charge in [0.1, 0.15) is 10.6 Å². The molecular weight excluding hydrogens is 336 g/mol. The van der Waals surface area contributed by atoms with Crippen molar-refractivity contribution in [2.75, 3.05) is 26.2 Å². The molecule has 2 aromatic rings. The number of sulfonamides is 1. The third-order valence-electron chi connectivity index (χ3n) is 3.85. The van der Waals surface area contributed by atoms with Crippen LogP contribution in [0.3, 0.4) is 0 Å². The number of aryl methyl sites for hydroxylation is 1. The van der Waals surface area contributed by atoms with Crippen molar-refractivity contribution in [2.24, 2.45) is 7.05 Å². The van der Waals surface area contributed by atoms with Gasteiger partial charge in [-0.25, -0.2) is 8.42 Å². The van der Waals surface area contributed by atoms with Gasteiger partial charge in [-0.15, -0.1) is 11.3 Å². The lowest BCUT2D eigenvalue weighted by Gasteiger charge is -2.33. The average molecular weight is 354 g/mol. The zero-order chi connectivity index (χ0) is 16.6. The molecule has 1 amide bonds. The molecule has 3 heterocycles. The summed E-state index contributed by atoms with van der Waals surface area (Å²) in [4.78, 5) is 14.1. The lowest BCUT2D eigenvalue weighted by atomic mass is 10.3. The highest BCUT2D eigenvalue weighted by Crippen LogP contribution is 2.31. The van der Waals surface area contributed by atoms with Crippen LogP contribution in [0.25, 0.3) is 10.6 Å². The largest absolute Gasteiger partial charge is 0.340 e. The van der Waals surface area contributed by atoms with Crippen molar-refractivity contribution in [2.45, 2.75) is 11.8 Å². The van der Waals surface area contributed by atoms with Gasteiger partial charge < -0.3 is 4.90 Å². The molecule has 7 nitrogen and oxygen atoms in total. The third-order valence-corrected chi connectivity index (χ3v) is 6.63. The lowest BCUT2D eigenvalue weighted by molar-refractivity contribution is -0.129. The van der Waals surface area contributed by atoms with Crippen molar-refractivity contribution in [3.63, 3.8) is 0 Å². The Morgan fingerprint density at radius 3 is 2.52 bits per heavy atom. The van der Waals surface area contributed by atoms with Gasteiger partial charge in [-0.1, -0.05) is 6.07 Å². The van der Waals surface area contributed by atoms with E-state index in [9.17, 15) is 13.2 Å². The van der Waals surface area contributed by atoms with Crippen molar-refractivity contribution in [3.05, 3.63) is 23.7 Å². The van der Waals surface area contributed by atoms with Gasteiger partial charge in [0.25, 0.3) is 0 Å². The molecule has 0 saturated carbocycles. The van der Waals surface area contributed by atoms with Gasteiger partial charge in [0.2, 0.25) is 15.9 Å². The van der Waals surface area contributed by atoms with Crippen LogP contribution in [-0.2, 0) is 21.9 Å². The molecule has 0 aromatic carbocycles. The second-order valence-electron chi connectivity index (χ2n) is 5.40. The predicted molar refractivity (Wildman–Crippen MR) is 87.5 cm³/mol. The maximum atomic E-state index is 13.0. The summed E-state index contributed by atoms with van der Waals surface area (Å²) in [5, 5.41) is 6.21. The minimum atomic E-state index is -3.63. The Bertz CT molecular complexity index is 803. The molecule has 0 bridgehead atoms. The third kappa shape index (κ3) is 3.04. The van der Waals surface area contributed by atoms with Crippen molar-refractivity contribution < 1.29 is 13.2 Å². The van der Waals surface area contributed by atoms with Crippen LogP contribution in [0.4, 0.5) is 0 Å². The normalized spacial score (nSPS) is 16.7. The fraction of sp³-hybridized carbons (Fsp3) is 0.429. The molecule has 2 aromatic heterocycles. The summed E-state index contributed by atoms with van der Waals surface area (Å²) in [6.07, 6.45) is 1.54. The lowest BCUT2D eigenvalue weighted by Crippen LogP contribution is -2.49. The molecule has 0 aliphatic carbocycles. The fourth-order valence-corrected chi connectivity index (χ4v) is 5.01. The van der Waals surface area contributed by atoms with E-state index in [1.807, 2.05) is 17.5 Å². The number of thiophene rings is 1. The molecule has 1 aliphatic heterocycles. The van der Waals surface area contributed by atoms with E-state index in [2.05, 4.69) is 5.10 Å². The molecule has 1 fully saturated rings. The summed E-state index contributed by atoms with van der Waals surface area (Å²) in [5.41, 5.74) is 0.483. The van der Waals surface area contributed by atoms with Gasteiger partial charge in [-0.05, 0) is 11.4 Å². The summed E-state index contributed by atoms with van der Waals surface area (Å²) in [7, 11) is -1.92. The minimum Gasteiger partial charge on any atom is -0.340 e. The van der Waals surface area contributed by atoms with E-state index in [1.54, 1.807) is 18.1 Å². The first-order chi connectivity index (χ1) is 10.9. The van der Waals surface area contributed by atoms with E-state index in [1.165, 1.54) is 27.2 Å². The van der Waals surface area contributed by atoms with E-state index in [-0.39, 0.29) is 10.8 Å². The maximum absolute atomic E-state index is 13.0. The van der Waals surface area contributed by atoms with Crippen LogP contribution in [-0.4, -0.2) is 59.5 Å². The van der Waals surface area contributed by atoms with E-state index in [0.717, 1.165) is 4.88 Å². The number of nitrogens with zero attached hydrogens (tertiary/aromatic N) is 4. The predicted octanol–water partition coefficient (Wildman–Crippen LogP) is 1.00. The molecule has 0 N–H and O–H groups in total. The van der Waals surface area contributed by atoms with Crippen LogP contribution in [0.1, 0.15) is 6.92 Å². The minimum absolute atomic E-state index is 0.0253. The summed E-state index contributed by atoms with van der Waals surface area (Å²) in [6.45, 7) is 2.95. The molecular formula is C14H18N4O3S2. The Balaban J connectivity index is 1.91. The highest BCUT2D eigenvalue weighted by molar-refractivity contribution is 7.89. The van der Waals surface area contributed by atoms with Crippen LogP contribution >= 0.6 is 11.3 Å². The molecule has 0 unspecified atom stereocenters. The van der Waals surface area contributed by atoms with Crippen molar-refractivity contribution in [1.29, 1.82) is 0 Å². The molecule has 0 atom stereocenters. The molecule has 3 rings (SSSR count). The number of hydrogen-bond donors (Lipinski definition) is 0. The Kier molecular flexibility index (Phi) is 4.26. The highest BCUT2D eigenvalue weighted by Gasteiger charge is 2.33. The molecule has 0 spiro atoms. The van der Waals surface area contributed by atoms with Gasteiger partial charge in [0.15, 0.2) is 0 Å². The van der Waals surface area contributed by atoms with Crippen molar-refractivity contribution >= 4 is 27.3 Å². The number of carbonyl (C=O) groups excluding carboxylic acids is 1. The van der Waals surface area contributed by atoms with Crippen LogP contribution < -0.4 is 0 Å². The van der Waals surface area contributed by atoms with Gasteiger partial charge in [0.05, 0.1) is 4.88 Å². The second-order valence-corrected chi connectivity index (χ2v) is 8.26. The summed E-state index contributed by atoms with van der Waals surface area (Å²) in [5.74, 6) is -0.0253. The van der Waals surface area contributed by atoms with E-state index < -0.39 is 10.0 Å². The Hall–Kier alpha value is -1.71. The number of hydrogen-bond acceptors (Lipinski definition) is 5. The monoisotopic (exact) mass is 354 g/mol. The molecule has 124 valence electrons. The van der Waals surface area contributed by atoms with Gasteiger partial charge in [0, 0.05) is 46.3 Å². The first kappa shape index (κ1) is 16.2. The molecule has 0 radical (unpaired) electrons. The topological polar surface area (TPSA) is 75.5 Å². The molecule has 1 saturated heterocycles. The quantitative estimate of drug-likeness (QED) is 0.824. The van der Waals surface area contributed by atoms with Gasteiger partial charge in [-0.3, -0.25) is 9.48 Å². The number of piperazine rings is 1. The molecule has 1 aliphatic rings. The Morgan fingerprint density at radius 1 is 1.26 bits per heavy atom. The zero-order valence-corrected chi connectivity index (χ0v) is 14.6. The zero-order valence-electron chi connectivity index (χ0n) is 13.0. The maximum Gasteiger partial charge on any atom is 0.246 e. The standard InChI is InChI=1S/C14H18N4O3S2/c1-11(19)17-5-7-18(8-6-17)23(20,21)13-10-16(2)15-14(13)12-4-3-9-22-12/h3-4,9-10H,5-8H2,1-2H3. The van der Waals surface area contributed by atoms with Crippen LogP contribution in [0.2, 0.25) is 0 Å². The number of aromatic nitrogens is 2. The summed E-state index contributed by atoms with van der Waals surface area (Å²) in [6, 6.07) is 3.73. The van der Waals surface area contributed by atoms with Crippen LogP contribution in [0.5, 0.6) is 0 Å². The second kappa shape index (κ2) is 6.06.